The molecule has 0 radical (unpaired) electrons. The van der Waals surface area contributed by atoms with Crippen LogP contribution >= 0.6 is 11.6 Å². The van der Waals surface area contributed by atoms with Crippen LogP contribution in [0.15, 0.2) is 36.4 Å². The summed E-state index contributed by atoms with van der Waals surface area (Å²) in [5.74, 6) is -1.15. The lowest BCUT2D eigenvalue weighted by Gasteiger charge is -2.09. The number of ether oxygens (including phenoxy) is 1. The van der Waals surface area contributed by atoms with Crippen LogP contribution in [-0.4, -0.2) is 24.4 Å². The normalized spacial score (nSPS) is 10.3. The Hall–Kier alpha value is -2.86. The van der Waals surface area contributed by atoms with E-state index in [1.165, 1.54) is 0 Å². The number of amides is 2. The summed E-state index contributed by atoms with van der Waals surface area (Å²) >= 11 is 6.01. The molecule has 0 aliphatic rings. The van der Waals surface area contributed by atoms with Crippen molar-refractivity contribution in [2.24, 2.45) is 0 Å². The number of carbonyl (C=O) groups excluding carboxylic acids is 3. The van der Waals surface area contributed by atoms with Crippen molar-refractivity contribution in [1.29, 1.82) is 0 Å². The largest absolute Gasteiger partial charge is 0.456 e. The molecule has 2 rings (SSSR count). The molecule has 0 unspecified atom stereocenters. The number of hydrogen-bond donors (Lipinski definition) is 2. The molecule has 0 saturated heterocycles. The maximum absolute atomic E-state index is 12.0. The smallest absolute Gasteiger partial charge is 0.306 e. The molecule has 0 heterocycles. The molecule has 2 amide bonds. The molecular formula is C22H25ClN2O4. The van der Waals surface area contributed by atoms with E-state index in [4.69, 9.17) is 16.3 Å². The van der Waals surface area contributed by atoms with E-state index in [0.29, 0.717) is 17.1 Å². The van der Waals surface area contributed by atoms with E-state index in [9.17, 15) is 14.4 Å². The number of carbonyl (C=O) groups is 3. The highest BCUT2D eigenvalue weighted by Gasteiger charge is 2.11. The number of rotatable bonds is 8. The van der Waals surface area contributed by atoms with Crippen LogP contribution in [0.1, 0.15) is 36.0 Å². The van der Waals surface area contributed by atoms with Crippen LogP contribution in [0.2, 0.25) is 5.02 Å². The van der Waals surface area contributed by atoms with Crippen LogP contribution in [0.5, 0.6) is 0 Å². The van der Waals surface area contributed by atoms with E-state index in [0.717, 1.165) is 22.4 Å². The minimum absolute atomic E-state index is 0.0594. The Labute approximate surface area is 175 Å². The fraction of sp³-hybridized carbons (Fsp3) is 0.318. The monoisotopic (exact) mass is 416 g/mol. The van der Waals surface area contributed by atoms with Crippen molar-refractivity contribution in [1.82, 2.24) is 0 Å². The minimum Gasteiger partial charge on any atom is -0.456 e. The topological polar surface area (TPSA) is 84.5 Å². The molecule has 29 heavy (non-hydrogen) atoms. The summed E-state index contributed by atoms with van der Waals surface area (Å²) in [4.78, 5) is 35.7. The number of benzene rings is 2. The molecule has 0 atom stereocenters. The maximum atomic E-state index is 12.0. The second kappa shape index (κ2) is 10.6. The molecule has 7 heteroatoms. The van der Waals surface area contributed by atoms with Gasteiger partial charge in [-0.05, 0) is 62.1 Å². The molecule has 0 aromatic heterocycles. The Morgan fingerprint density at radius 1 is 0.897 bits per heavy atom. The zero-order valence-corrected chi connectivity index (χ0v) is 17.6. The molecule has 2 N–H and O–H groups in total. The Morgan fingerprint density at radius 2 is 1.62 bits per heavy atom. The van der Waals surface area contributed by atoms with Crippen molar-refractivity contribution in [3.63, 3.8) is 0 Å². The molecule has 6 nitrogen and oxygen atoms in total. The molecule has 0 spiro atoms. The van der Waals surface area contributed by atoms with E-state index in [-0.39, 0.29) is 25.4 Å². The quantitative estimate of drug-likeness (QED) is 0.618. The predicted molar refractivity (Wildman–Crippen MR) is 114 cm³/mol. The second-order valence-electron chi connectivity index (χ2n) is 6.89. The Morgan fingerprint density at radius 3 is 2.34 bits per heavy atom. The predicted octanol–water partition coefficient (Wildman–Crippen LogP) is 4.56. The number of aryl methyl sites for hydroxylation is 3. The van der Waals surface area contributed by atoms with Crippen LogP contribution in [0.3, 0.4) is 0 Å². The average Bonchev–Trinajstić information content (AvgIpc) is 2.66. The fourth-order valence-electron chi connectivity index (χ4n) is 2.56. The van der Waals surface area contributed by atoms with E-state index in [1.54, 1.807) is 18.2 Å². The molecule has 0 aliphatic carbocycles. The third-order valence-electron chi connectivity index (χ3n) is 4.27. The molecule has 2 aromatic carbocycles. The minimum atomic E-state index is -0.526. The van der Waals surface area contributed by atoms with E-state index >= 15 is 0 Å². The number of esters is 1. The van der Waals surface area contributed by atoms with Gasteiger partial charge in [-0.25, -0.2) is 0 Å². The van der Waals surface area contributed by atoms with Gasteiger partial charge in [0.25, 0.3) is 5.91 Å². The summed E-state index contributed by atoms with van der Waals surface area (Å²) in [5, 5.41) is 6.00. The first-order chi connectivity index (χ1) is 13.7. The van der Waals surface area contributed by atoms with Gasteiger partial charge < -0.3 is 15.4 Å². The maximum Gasteiger partial charge on any atom is 0.306 e. The van der Waals surface area contributed by atoms with Gasteiger partial charge in [-0.3, -0.25) is 14.4 Å². The number of hydrogen-bond acceptors (Lipinski definition) is 4. The average molecular weight is 417 g/mol. The zero-order chi connectivity index (χ0) is 21.4. The number of anilines is 2. The van der Waals surface area contributed by atoms with Crippen molar-refractivity contribution < 1.29 is 19.1 Å². The second-order valence-corrected chi connectivity index (χ2v) is 7.30. The molecule has 0 aliphatic heterocycles. The first-order valence-electron chi connectivity index (χ1n) is 9.33. The third kappa shape index (κ3) is 7.58. The first-order valence-corrected chi connectivity index (χ1v) is 9.71. The zero-order valence-electron chi connectivity index (χ0n) is 16.8. The van der Waals surface area contributed by atoms with Crippen LogP contribution in [0, 0.1) is 20.8 Å². The van der Waals surface area contributed by atoms with E-state index < -0.39 is 11.9 Å². The SMILES string of the molecule is Cc1ccc(C)c(NC(=O)CCCC(=O)OCC(=O)Nc2ccc(C)c(Cl)c2)c1. The Bertz CT molecular complexity index is 912. The van der Waals surface area contributed by atoms with Crippen LogP contribution < -0.4 is 10.6 Å². The van der Waals surface area contributed by atoms with Crippen molar-refractivity contribution in [2.75, 3.05) is 17.2 Å². The fourth-order valence-corrected chi connectivity index (χ4v) is 2.74. The number of halogens is 1. The van der Waals surface area contributed by atoms with Gasteiger partial charge >= 0.3 is 5.97 Å². The Kier molecular flexibility index (Phi) is 8.21. The van der Waals surface area contributed by atoms with Crippen LogP contribution in [0.25, 0.3) is 0 Å². The summed E-state index contributed by atoms with van der Waals surface area (Å²) in [5.41, 5.74) is 4.23. The number of nitrogens with one attached hydrogen (secondary N) is 2. The van der Waals surface area contributed by atoms with Gasteiger partial charge in [-0.2, -0.15) is 0 Å². The Balaban J connectivity index is 1.67. The van der Waals surface area contributed by atoms with Gasteiger partial charge in [-0.15, -0.1) is 0 Å². The molecular weight excluding hydrogens is 392 g/mol. The van der Waals surface area contributed by atoms with Gasteiger partial charge in [0, 0.05) is 29.2 Å². The van der Waals surface area contributed by atoms with Gasteiger partial charge in [0.2, 0.25) is 5.91 Å². The van der Waals surface area contributed by atoms with Crippen molar-refractivity contribution in [3.05, 3.63) is 58.1 Å². The summed E-state index contributed by atoms with van der Waals surface area (Å²) < 4.78 is 4.95. The highest BCUT2D eigenvalue weighted by molar-refractivity contribution is 6.31. The molecule has 0 saturated carbocycles. The van der Waals surface area contributed by atoms with Gasteiger partial charge in [0.15, 0.2) is 6.61 Å². The lowest BCUT2D eigenvalue weighted by molar-refractivity contribution is -0.147. The van der Waals surface area contributed by atoms with Gasteiger partial charge in [0.05, 0.1) is 0 Å². The lowest BCUT2D eigenvalue weighted by Crippen LogP contribution is -2.21. The van der Waals surface area contributed by atoms with Gasteiger partial charge in [0.1, 0.15) is 0 Å². The van der Waals surface area contributed by atoms with Crippen LogP contribution in [0.4, 0.5) is 11.4 Å². The highest BCUT2D eigenvalue weighted by atomic mass is 35.5. The molecule has 154 valence electrons. The molecule has 2 aromatic rings. The van der Waals surface area contributed by atoms with Crippen LogP contribution in [-0.2, 0) is 19.1 Å². The van der Waals surface area contributed by atoms with E-state index in [1.807, 2.05) is 39.0 Å². The van der Waals surface area contributed by atoms with Crippen molar-refractivity contribution in [3.8, 4) is 0 Å². The van der Waals surface area contributed by atoms with Crippen molar-refractivity contribution >= 4 is 40.8 Å². The highest BCUT2D eigenvalue weighted by Crippen LogP contribution is 2.20. The summed E-state index contributed by atoms with van der Waals surface area (Å²) in [6, 6.07) is 11.0. The molecule has 0 fully saturated rings. The summed E-state index contributed by atoms with van der Waals surface area (Å²) in [7, 11) is 0. The summed E-state index contributed by atoms with van der Waals surface area (Å²) in [6.07, 6.45) is 0.588. The van der Waals surface area contributed by atoms with Gasteiger partial charge in [-0.1, -0.05) is 29.8 Å². The summed E-state index contributed by atoms with van der Waals surface area (Å²) in [6.45, 7) is 5.34. The molecule has 0 bridgehead atoms. The third-order valence-corrected chi connectivity index (χ3v) is 4.68. The standard InChI is InChI=1S/C22H25ClN2O4/c1-14-7-8-16(3)19(11-14)25-20(26)5-4-6-22(28)29-13-21(27)24-17-10-9-15(2)18(23)12-17/h7-12H,4-6,13H2,1-3H3,(H,24,27)(H,25,26). The van der Waals surface area contributed by atoms with E-state index in [2.05, 4.69) is 10.6 Å². The lowest BCUT2D eigenvalue weighted by atomic mass is 10.1. The van der Waals surface area contributed by atoms with Crippen molar-refractivity contribution in [2.45, 2.75) is 40.0 Å². The first kappa shape index (κ1) is 22.4.